The summed E-state index contributed by atoms with van der Waals surface area (Å²) in [7, 11) is 0. The fourth-order valence-electron chi connectivity index (χ4n) is 1.33. The quantitative estimate of drug-likeness (QED) is 0.693. The fraction of sp³-hybridized carbons (Fsp3) is 0.111. The molecule has 0 fully saturated rings. The van der Waals surface area contributed by atoms with Gasteiger partial charge in [0, 0.05) is 5.39 Å². The predicted octanol–water partition coefficient (Wildman–Crippen LogP) is 1.57. The molecule has 0 radical (unpaired) electrons. The number of benzene rings is 1. The number of nitrogens with one attached hydrogen (secondary N) is 1. The number of hydrogen-bond donors (Lipinski definition) is 2. The van der Waals surface area contributed by atoms with Crippen molar-refractivity contribution in [2.75, 3.05) is 0 Å². The Hall–Kier alpha value is -1.84. The largest absolute Gasteiger partial charge is 0.478 e. The Morgan fingerprint density at radius 1 is 1.54 bits per heavy atom. The molecule has 2 N–H and O–H groups in total. The highest BCUT2D eigenvalue weighted by molar-refractivity contribution is 5.94. The van der Waals surface area contributed by atoms with E-state index in [-0.39, 0.29) is 0 Å². The van der Waals surface area contributed by atoms with Gasteiger partial charge < -0.3 is 5.11 Å². The summed E-state index contributed by atoms with van der Waals surface area (Å²) in [6.45, 7) is 1.77. The van der Waals surface area contributed by atoms with E-state index in [1.54, 1.807) is 25.3 Å². The Labute approximate surface area is 74.2 Å². The van der Waals surface area contributed by atoms with Gasteiger partial charge in [0.15, 0.2) is 0 Å². The fourth-order valence-corrected chi connectivity index (χ4v) is 1.33. The number of aromatic amines is 1. The van der Waals surface area contributed by atoms with Gasteiger partial charge in [0.25, 0.3) is 0 Å². The van der Waals surface area contributed by atoms with Crippen molar-refractivity contribution in [3.05, 3.63) is 29.5 Å². The second-order valence-corrected chi connectivity index (χ2v) is 2.93. The summed E-state index contributed by atoms with van der Waals surface area (Å²) in [6, 6.07) is 3.41. The van der Waals surface area contributed by atoms with E-state index in [4.69, 9.17) is 5.11 Å². The van der Waals surface area contributed by atoms with E-state index in [9.17, 15) is 4.79 Å². The van der Waals surface area contributed by atoms with E-state index < -0.39 is 5.97 Å². The van der Waals surface area contributed by atoms with Crippen molar-refractivity contribution < 1.29 is 9.90 Å². The lowest BCUT2D eigenvalue weighted by Gasteiger charge is -1.99. The molecule has 0 aliphatic rings. The Bertz CT molecular complexity index is 473. The number of H-pyrrole nitrogens is 1. The zero-order valence-corrected chi connectivity index (χ0v) is 7.03. The van der Waals surface area contributed by atoms with Gasteiger partial charge in [-0.2, -0.15) is 5.10 Å². The minimum absolute atomic E-state index is 0.328. The standard InChI is InChI=1S/C9H8N2O2/c1-5-2-8-6(4-10-11-8)3-7(5)9(12)13/h2-4H,1H3,(H,10,11)(H,12,13). The van der Waals surface area contributed by atoms with Crippen LogP contribution >= 0.6 is 0 Å². The summed E-state index contributed by atoms with van der Waals surface area (Å²) < 4.78 is 0. The number of fused-ring (bicyclic) bond motifs is 1. The van der Waals surface area contributed by atoms with Crippen molar-refractivity contribution in [2.24, 2.45) is 0 Å². The number of hydrogen-bond acceptors (Lipinski definition) is 2. The average Bonchev–Trinajstić information content (AvgIpc) is 2.48. The van der Waals surface area contributed by atoms with E-state index in [0.717, 1.165) is 16.5 Å². The van der Waals surface area contributed by atoms with Gasteiger partial charge in [0.2, 0.25) is 0 Å². The number of carbonyl (C=O) groups is 1. The van der Waals surface area contributed by atoms with Crippen LogP contribution in [0.2, 0.25) is 0 Å². The Balaban J connectivity index is 2.76. The van der Waals surface area contributed by atoms with Crippen LogP contribution in [-0.4, -0.2) is 21.3 Å². The lowest BCUT2D eigenvalue weighted by atomic mass is 10.1. The number of rotatable bonds is 1. The van der Waals surface area contributed by atoms with E-state index in [0.29, 0.717) is 5.56 Å². The van der Waals surface area contributed by atoms with Gasteiger partial charge in [0.1, 0.15) is 0 Å². The van der Waals surface area contributed by atoms with E-state index in [1.807, 2.05) is 0 Å². The molecule has 13 heavy (non-hydrogen) atoms. The molecule has 0 saturated carbocycles. The van der Waals surface area contributed by atoms with Crippen LogP contribution in [-0.2, 0) is 0 Å². The number of carboxylic acids is 1. The van der Waals surface area contributed by atoms with Gasteiger partial charge in [-0.3, -0.25) is 5.10 Å². The van der Waals surface area contributed by atoms with Crippen LogP contribution in [0.1, 0.15) is 15.9 Å². The van der Waals surface area contributed by atoms with Crippen molar-refractivity contribution >= 4 is 16.9 Å². The minimum atomic E-state index is -0.902. The second-order valence-electron chi connectivity index (χ2n) is 2.93. The maximum Gasteiger partial charge on any atom is 0.335 e. The van der Waals surface area contributed by atoms with Gasteiger partial charge in [-0.15, -0.1) is 0 Å². The normalized spacial score (nSPS) is 10.5. The third-order valence-corrected chi connectivity index (χ3v) is 2.02. The second kappa shape index (κ2) is 2.58. The molecule has 66 valence electrons. The molecule has 0 bridgehead atoms. The summed E-state index contributed by atoms with van der Waals surface area (Å²) in [6.07, 6.45) is 1.61. The van der Waals surface area contributed by atoms with Crippen LogP contribution in [0, 0.1) is 6.92 Å². The van der Waals surface area contributed by atoms with Crippen LogP contribution in [0.3, 0.4) is 0 Å². The number of nitrogens with zero attached hydrogens (tertiary/aromatic N) is 1. The Morgan fingerprint density at radius 2 is 2.31 bits per heavy atom. The van der Waals surface area contributed by atoms with Gasteiger partial charge in [0.05, 0.1) is 17.3 Å². The molecule has 0 amide bonds. The molecular weight excluding hydrogens is 168 g/mol. The van der Waals surface area contributed by atoms with Crippen molar-refractivity contribution in [1.82, 2.24) is 10.2 Å². The SMILES string of the molecule is Cc1cc2[nH]ncc2cc1C(=O)O. The zero-order chi connectivity index (χ0) is 9.42. The molecule has 0 aliphatic carbocycles. The molecular formula is C9H8N2O2. The van der Waals surface area contributed by atoms with Crippen molar-refractivity contribution in [2.45, 2.75) is 6.92 Å². The smallest absolute Gasteiger partial charge is 0.335 e. The summed E-state index contributed by atoms with van der Waals surface area (Å²) in [4.78, 5) is 10.8. The van der Waals surface area contributed by atoms with Crippen LogP contribution in [0.25, 0.3) is 10.9 Å². The maximum atomic E-state index is 10.8. The Morgan fingerprint density at radius 3 is 3.00 bits per heavy atom. The molecule has 1 aromatic carbocycles. The first-order chi connectivity index (χ1) is 6.18. The molecule has 2 aromatic rings. The minimum Gasteiger partial charge on any atom is -0.478 e. The molecule has 0 atom stereocenters. The third-order valence-electron chi connectivity index (χ3n) is 2.02. The van der Waals surface area contributed by atoms with E-state index >= 15 is 0 Å². The van der Waals surface area contributed by atoms with Gasteiger partial charge in [-0.05, 0) is 24.6 Å². The summed E-state index contributed by atoms with van der Waals surface area (Å²) in [5, 5.41) is 16.3. The van der Waals surface area contributed by atoms with Gasteiger partial charge >= 0.3 is 5.97 Å². The predicted molar refractivity (Wildman–Crippen MR) is 47.8 cm³/mol. The van der Waals surface area contributed by atoms with Gasteiger partial charge in [-0.25, -0.2) is 4.79 Å². The number of aromatic nitrogens is 2. The van der Waals surface area contributed by atoms with Crippen molar-refractivity contribution in [1.29, 1.82) is 0 Å². The molecule has 0 aliphatic heterocycles. The number of carboxylic acid groups (broad SMARTS) is 1. The third kappa shape index (κ3) is 1.16. The highest BCUT2D eigenvalue weighted by atomic mass is 16.4. The van der Waals surface area contributed by atoms with Crippen molar-refractivity contribution in [3.8, 4) is 0 Å². The molecule has 4 nitrogen and oxygen atoms in total. The first-order valence-corrected chi connectivity index (χ1v) is 3.85. The monoisotopic (exact) mass is 176 g/mol. The lowest BCUT2D eigenvalue weighted by molar-refractivity contribution is 0.0696. The number of aryl methyl sites for hydroxylation is 1. The molecule has 1 heterocycles. The first kappa shape index (κ1) is 7.79. The Kier molecular flexibility index (Phi) is 1.55. The highest BCUT2D eigenvalue weighted by Gasteiger charge is 2.08. The van der Waals surface area contributed by atoms with E-state index in [1.165, 1.54) is 0 Å². The molecule has 0 spiro atoms. The molecule has 0 saturated heterocycles. The van der Waals surface area contributed by atoms with Crippen LogP contribution < -0.4 is 0 Å². The molecule has 1 aromatic heterocycles. The first-order valence-electron chi connectivity index (χ1n) is 3.85. The van der Waals surface area contributed by atoms with Crippen LogP contribution in [0.5, 0.6) is 0 Å². The lowest BCUT2D eigenvalue weighted by Crippen LogP contribution is -1.98. The van der Waals surface area contributed by atoms with Crippen molar-refractivity contribution in [3.63, 3.8) is 0 Å². The highest BCUT2D eigenvalue weighted by Crippen LogP contribution is 2.17. The van der Waals surface area contributed by atoms with E-state index in [2.05, 4.69) is 10.2 Å². The average molecular weight is 176 g/mol. The molecule has 2 rings (SSSR count). The summed E-state index contributed by atoms with van der Waals surface area (Å²) >= 11 is 0. The van der Waals surface area contributed by atoms with Crippen LogP contribution in [0.15, 0.2) is 18.3 Å². The van der Waals surface area contributed by atoms with Gasteiger partial charge in [-0.1, -0.05) is 0 Å². The topological polar surface area (TPSA) is 66.0 Å². The molecule has 0 unspecified atom stereocenters. The maximum absolute atomic E-state index is 10.8. The summed E-state index contributed by atoms with van der Waals surface area (Å²) in [5.41, 5.74) is 1.93. The van der Waals surface area contributed by atoms with Crippen LogP contribution in [0.4, 0.5) is 0 Å². The number of aromatic carboxylic acids is 1. The molecule has 4 heteroatoms. The zero-order valence-electron chi connectivity index (χ0n) is 7.03. The summed E-state index contributed by atoms with van der Waals surface area (Å²) in [5.74, 6) is -0.902.